The molecule has 1 fully saturated rings. The van der Waals surface area contributed by atoms with Gasteiger partial charge in [0.25, 0.3) is 0 Å². The molecule has 2 heterocycles. The van der Waals surface area contributed by atoms with Gasteiger partial charge in [-0.15, -0.1) is 0 Å². The number of aryl methyl sites for hydroxylation is 2. The molecule has 5 nitrogen and oxygen atoms in total. The summed E-state index contributed by atoms with van der Waals surface area (Å²) in [5.74, 6) is 0.886. The summed E-state index contributed by atoms with van der Waals surface area (Å²) in [6.07, 6.45) is 4.51. The Hall–Kier alpha value is -2.79. The molecule has 1 saturated heterocycles. The summed E-state index contributed by atoms with van der Waals surface area (Å²) in [6, 6.07) is 14.3. The smallest absolute Gasteiger partial charge is 0.336 e. The zero-order chi connectivity index (χ0) is 20.5. The lowest BCUT2D eigenvalue weighted by Gasteiger charge is -2.24. The lowest BCUT2D eigenvalue weighted by molar-refractivity contribution is 0.286. The largest absolute Gasteiger partial charge is 0.497 e. The number of rotatable bonds is 4. The van der Waals surface area contributed by atoms with E-state index in [0.29, 0.717) is 0 Å². The number of hydrogen-bond donors (Lipinski definition) is 0. The van der Waals surface area contributed by atoms with Crippen LogP contribution in [0.4, 0.5) is 5.69 Å². The molecule has 5 rings (SSSR count). The number of ether oxygens (including phenoxy) is 1. The van der Waals surface area contributed by atoms with E-state index in [2.05, 4.69) is 34.1 Å². The fourth-order valence-corrected chi connectivity index (χ4v) is 4.85. The Kier molecular flexibility index (Phi) is 5.21. The maximum atomic E-state index is 12.2. The molecular weight excluding hydrogens is 376 g/mol. The van der Waals surface area contributed by atoms with Crippen molar-refractivity contribution in [2.24, 2.45) is 0 Å². The van der Waals surface area contributed by atoms with Gasteiger partial charge in [0.15, 0.2) is 0 Å². The van der Waals surface area contributed by atoms with Crippen LogP contribution >= 0.6 is 0 Å². The molecule has 2 aromatic carbocycles. The second-order valence-electron chi connectivity index (χ2n) is 8.38. The zero-order valence-electron chi connectivity index (χ0n) is 17.5. The van der Waals surface area contributed by atoms with Crippen molar-refractivity contribution in [1.29, 1.82) is 0 Å². The van der Waals surface area contributed by atoms with Crippen LogP contribution in [0.25, 0.3) is 11.0 Å². The first-order chi connectivity index (χ1) is 14.7. The van der Waals surface area contributed by atoms with Gasteiger partial charge in [0.1, 0.15) is 11.3 Å². The Morgan fingerprint density at radius 2 is 1.73 bits per heavy atom. The quantitative estimate of drug-likeness (QED) is 0.615. The van der Waals surface area contributed by atoms with Crippen LogP contribution in [-0.4, -0.2) is 38.2 Å². The first-order valence-corrected chi connectivity index (χ1v) is 10.9. The van der Waals surface area contributed by atoms with Gasteiger partial charge >= 0.3 is 5.63 Å². The van der Waals surface area contributed by atoms with E-state index < -0.39 is 0 Å². The highest BCUT2D eigenvalue weighted by atomic mass is 16.5. The minimum atomic E-state index is -0.245. The van der Waals surface area contributed by atoms with Gasteiger partial charge in [-0.05, 0) is 78.8 Å². The van der Waals surface area contributed by atoms with Gasteiger partial charge in [-0.1, -0.05) is 0 Å². The number of nitrogens with zero attached hydrogens (tertiary/aromatic N) is 2. The predicted octanol–water partition coefficient (Wildman–Crippen LogP) is 4.00. The van der Waals surface area contributed by atoms with Gasteiger partial charge in [-0.2, -0.15) is 0 Å². The third-order valence-corrected chi connectivity index (χ3v) is 6.46. The molecule has 0 radical (unpaired) electrons. The third-order valence-electron chi connectivity index (χ3n) is 6.46. The molecule has 0 spiro atoms. The zero-order valence-corrected chi connectivity index (χ0v) is 17.5. The van der Waals surface area contributed by atoms with Crippen LogP contribution in [-0.2, 0) is 19.4 Å². The summed E-state index contributed by atoms with van der Waals surface area (Å²) >= 11 is 0. The number of benzene rings is 2. The molecule has 0 amide bonds. The molecule has 30 heavy (non-hydrogen) atoms. The van der Waals surface area contributed by atoms with Gasteiger partial charge in [-0.3, -0.25) is 4.90 Å². The fourth-order valence-electron chi connectivity index (χ4n) is 4.85. The number of methoxy groups -OCH3 is 1. The van der Waals surface area contributed by atoms with Gasteiger partial charge in [0.2, 0.25) is 0 Å². The number of fused-ring (bicyclic) bond motifs is 2. The summed E-state index contributed by atoms with van der Waals surface area (Å²) in [7, 11) is 1.70. The minimum Gasteiger partial charge on any atom is -0.497 e. The van der Waals surface area contributed by atoms with Crippen molar-refractivity contribution >= 4 is 16.7 Å². The minimum absolute atomic E-state index is 0.245. The molecule has 1 aromatic heterocycles. The van der Waals surface area contributed by atoms with E-state index in [1.54, 1.807) is 13.2 Å². The van der Waals surface area contributed by atoms with Crippen molar-refractivity contribution in [3.8, 4) is 5.75 Å². The summed E-state index contributed by atoms with van der Waals surface area (Å²) in [4.78, 5) is 17.1. The van der Waals surface area contributed by atoms with E-state index in [4.69, 9.17) is 9.15 Å². The third kappa shape index (κ3) is 3.82. The summed E-state index contributed by atoms with van der Waals surface area (Å²) in [5.41, 5.74) is 5.58. The Labute approximate surface area is 176 Å². The molecule has 1 aliphatic heterocycles. The van der Waals surface area contributed by atoms with Gasteiger partial charge in [0.05, 0.1) is 7.11 Å². The van der Waals surface area contributed by atoms with E-state index >= 15 is 0 Å². The van der Waals surface area contributed by atoms with Crippen LogP contribution in [0.3, 0.4) is 0 Å². The molecule has 0 N–H and O–H groups in total. The molecule has 156 valence electrons. The van der Waals surface area contributed by atoms with Crippen LogP contribution in [0.1, 0.15) is 29.5 Å². The maximum absolute atomic E-state index is 12.2. The van der Waals surface area contributed by atoms with Crippen molar-refractivity contribution in [3.63, 3.8) is 0 Å². The molecular formula is C25H28N2O3. The van der Waals surface area contributed by atoms with Gasteiger partial charge < -0.3 is 14.1 Å². The molecule has 0 saturated carbocycles. The molecule has 5 heteroatoms. The monoisotopic (exact) mass is 404 g/mol. The average Bonchev–Trinajstić information content (AvgIpc) is 3.09. The topological polar surface area (TPSA) is 45.9 Å². The van der Waals surface area contributed by atoms with Crippen LogP contribution < -0.4 is 15.3 Å². The van der Waals surface area contributed by atoms with Crippen molar-refractivity contribution in [1.82, 2.24) is 4.90 Å². The fraction of sp³-hybridized carbons (Fsp3) is 0.400. The van der Waals surface area contributed by atoms with E-state index in [1.165, 1.54) is 23.2 Å². The van der Waals surface area contributed by atoms with E-state index in [9.17, 15) is 4.79 Å². The summed E-state index contributed by atoms with van der Waals surface area (Å²) < 4.78 is 10.8. The highest BCUT2D eigenvalue weighted by Gasteiger charge is 2.19. The van der Waals surface area contributed by atoms with Crippen LogP contribution in [0, 0.1) is 0 Å². The summed E-state index contributed by atoms with van der Waals surface area (Å²) in [5, 5.41) is 1.10. The molecule has 3 aromatic rings. The van der Waals surface area contributed by atoms with Crippen LogP contribution in [0.5, 0.6) is 5.75 Å². The maximum Gasteiger partial charge on any atom is 0.336 e. The SMILES string of the molecule is COc1ccc(N2CCCN(Cc3cc(=O)oc4cc5c(cc34)CCC5)CC2)cc1. The van der Waals surface area contributed by atoms with Gasteiger partial charge in [-0.25, -0.2) is 4.79 Å². The van der Waals surface area contributed by atoms with Crippen molar-refractivity contribution in [2.45, 2.75) is 32.2 Å². The van der Waals surface area contributed by atoms with Crippen molar-refractivity contribution in [2.75, 3.05) is 38.2 Å². The highest BCUT2D eigenvalue weighted by Crippen LogP contribution is 2.29. The molecule has 1 aliphatic carbocycles. The Morgan fingerprint density at radius 3 is 2.53 bits per heavy atom. The molecule has 0 atom stereocenters. The Balaban J connectivity index is 1.34. The Morgan fingerprint density at radius 1 is 0.933 bits per heavy atom. The number of hydrogen-bond acceptors (Lipinski definition) is 5. The second-order valence-corrected chi connectivity index (χ2v) is 8.38. The van der Waals surface area contributed by atoms with E-state index in [1.807, 2.05) is 12.1 Å². The molecule has 0 bridgehead atoms. The first kappa shape index (κ1) is 19.2. The van der Waals surface area contributed by atoms with Crippen LogP contribution in [0.15, 0.2) is 51.7 Å². The van der Waals surface area contributed by atoms with E-state index in [-0.39, 0.29) is 5.63 Å². The van der Waals surface area contributed by atoms with E-state index in [0.717, 1.165) is 74.3 Å². The Bertz CT molecular complexity index is 1100. The lowest BCUT2D eigenvalue weighted by atomic mass is 10.0. The predicted molar refractivity (Wildman–Crippen MR) is 120 cm³/mol. The van der Waals surface area contributed by atoms with Crippen LogP contribution in [0.2, 0.25) is 0 Å². The molecule has 0 unspecified atom stereocenters. The number of anilines is 1. The van der Waals surface area contributed by atoms with Crippen molar-refractivity contribution < 1.29 is 9.15 Å². The van der Waals surface area contributed by atoms with Gasteiger partial charge in [0, 0.05) is 49.9 Å². The summed E-state index contributed by atoms with van der Waals surface area (Å²) in [6.45, 7) is 4.80. The standard InChI is InChI=1S/C25H28N2O3/c1-29-22-8-6-21(7-9-22)27-11-3-10-26(12-13-27)17-20-16-25(28)30-24-15-19-5-2-4-18(19)14-23(20)24/h6-9,14-16H,2-5,10-13,17H2,1H3. The highest BCUT2D eigenvalue weighted by molar-refractivity contribution is 5.82. The van der Waals surface area contributed by atoms with Crippen molar-refractivity contribution in [3.05, 3.63) is 69.6 Å². The first-order valence-electron chi connectivity index (χ1n) is 10.9. The second kappa shape index (κ2) is 8.15. The average molecular weight is 405 g/mol. The molecule has 2 aliphatic rings. The normalized spacial score (nSPS) is 17.2. The lowest BCUT2D eigenvalue weighted by Crippen LogP contribution is -2.30.